The number of likely N-dealkylation sites (tertiary alicyclic amines) is 1. The number of aryl methyl sites for hydroxylation is 1. The topological polar surface area (TPSA) is 73.0 Å². The number of pyridine rings is 2. The number of fused-ring (bicyclic) bond motifs is 1. The minimum atomic E-state index is -4.62. The van der Waals surface area contributed by atoms with Crippen LogP contribution < -0.4 is 5.69 Å². The van der Waals surface area contributed by atoms with Gasteiger partial charge in [0, 0.05) is 44.8 Å². The molecule has 164 valence electrons. The lowest BCUT2D eigenvalue weighted by atomic mass is 9.96. The van der Waals surface area contributed by atoms with Gasteiger partial charge >= 0.3 is 11.9 Å². The summed E-state index contributed by atoms with van der Waals surface area (Å²) in [7, 11) is 0. The molecule has 1 aliphatic heterocycles. The second-order valence-corrected chi connectivity index (χ2v) is 7.64. The highest BCUT2D eigenvalue weighted by Crippen LogP contribution is 2.32. The number of piperidine rings is 1. The maximum atomic E-state index is 13.2. The lowest BCUT2D eigenvalue weighted by Gasteiger charge is -2.32. The van der Waals surface area contributed by atoms with Crippen LogP contribution in [0.15, 0.2) is 41.6 Å². The van der Waals surface area contributed by atoms with Crippen LogP contribution in [0.1, 0.15) is 35.7 Å². The zero-order chi connectivity index (χ0) is 22.2. The third kappa shape index (κ3) is 3.94. The van der Waals surface area contributed by atoms with E-state index in [0.29, 0.717) is 44.7 Å². The fraction of sp³-hybridized carbons (Fsp3) is 0.429. The average Bonchev–Trinajstić information content (AvgIpc) is 3.04. The summed E-state index contributed by atoms with van der Waals surface area (Å²) in [4.78, 5) is 35.0. The van der Waals surface area contributed by atoms with E-state index in [-0.39, 0.29) is 11.6 Å². The predicted octanol–water partition coefficient (Wildman–Crippen LogP) is 3.18. The van der Waals surface area contributed by atoms with E-state index in [9.17, 15) is 22.8 Å². The summed E-state index contributed by atoms with van der Waals surface area (Å²) < 4.78 is 43.0. The molecule has 0 bridgehead atoms. The van der Waals surface area contributed by atoms with Crippen LogP contribution in [0.5, 0.6) is 0 Å². The van der Waals surface area contributed by atoms with E-state index < -0.39 is 23.2 Å². The molecule has 0 atom stereocenters. The van der Waals surface area contributed by atoms with E-state index >= 15 is 0 Å². The molecule has 0 spiro atoms. The Balaban J connectivity index is 1.49. The van der Waals surface area contributed by atoms with E-state index in [2.05, 4.69) is 9.97 Å². The Kier molecular flexibility index (Phi) is 5.55. The van der Waals surface area contributed by atoms with Gasteiger partial charge in [-0.15, -0.1) is 0 Å². The maximum Gasteiger partial charge on any atom is 0.417 e. The van der Waals surface area contributed by atoms with Crippen LogP contribution in [0.4, 0.5) is 13.2 Å². The molecule has 0 aromatic carbocycles. The molecule has 10 heteroatoms. The number of alkyl halides is 3. The highest BCUT2D eigenvalue weighted by atomic mass is 19.4. The molecular formula is C21H22F3N5O2. The van der Waals surface area contributed by atoms with Crippen molar-refractivity contribution >= 4 is 17.1 Å². The standard InChI is InChI=1S/C21H22F3N5O2/c1-2-28-17-4-3-8-26-18(17)29(20(28)31)13-14-6-10-27(11-7-14)19(30)15-12-25-9-5-16(15)21(22,23)24/h3-5,8-9,12,14H,2,6-7,10-11,13H2,1H3. The Morgan fingerprint density at radius 3 is 2.58 bits per heavy atom. The van der Waals surface area contributed by atoms with Crippen LogP contribution in [0.25, 0.3) is 11.2 Å². The van der Waals surface area contributed by atoms with Crippen LogP contribution in [-0.2, 0) is 19.3 Å². The number of halogens is 3. The monoisotopic (exact) mass is 433 g/mol. The van der Waals surface area contributed by atoms with Crippen LogP contribution in [-0.4, -0.2) is 43.0 Å². The van der Waals surface area contributed by atoms with Gasteiger partial charge in [-0.25, -0.2) is 9.78 Å². The number of aromatic nitrogens is 4. The molecule has 1 aliphatic rings. The lowest BCUT2D eigenvalue weighted by Crippen LogP contribution is -2.40. The maximum absolute atomic E-state index is 13.2. The van der Waals surface area contributed by atoms with Crippen LogP contribution in [0, 0.1) is 5.92 Å². The fourth-order valence-corrected chi connectivity index (χ4v) is 4.18. The molecule has 7 nitrogen and oxygen atoms in total. The fourth-order valence-electron chi connectivity index (χ4n) is 4.18. The Hall–Kier alpha value is -3.17. The summed E-state index contributed by atoms with van der Waals surface area (Å²) in [6.45, 7) is 3.54. The van der Waals surface area contributed by atoms with Crippen molar-refractivity contribution in [2.45, 2.75) is 39.0 Å². The molecule has 3 aromatic rings. The van der Waals surface area contributed by atoms with Crippen molar-refractivity contribution < 1.29 is 18.0 Å². The minimum absolute atomic E-state index is 0.121. The number of rotatable bonds is 4. The zero-order valence-electron chi connectivity index (χ0n) is 17.0. The van der Waals surface area contributed by atoms with Gasteiger partial charge in [-0.05, 0) is 43.9 Å². The Bertz CT molecular complexity index is 1160. The number of imidazole rings is 1. The molecule has 1 amide bonds. The molecule has 4 heterocycles. The average molecular weight is 433 g/mol. The summed E-state index contributed by atoms with van der Waals surface area (Å²) in [5.74, 6) is -0.545. The Labute approximate surface area is 176 Å². The van der Waals surface area contributed by atoms with Gasteiger partial charge in [-0.2, -0.15) is 13.2 Å². The highest BCUT2D eigenvalue weighted by Gasteiger charge is 2.37. The first-order valence-corrected chi connectivity index (χ1v) is 10.2. The number of hydrogen-bond acceptors (Lipinski definition) is 4. The van der Waals surface area contributed by atoms with Gasteiger partial charge in [0.2, 0.25) is 0 Å². The normalized spacial score (nSPS) is 15.5. The number of carbonyl (C=O) groups excluding carboxylic acids is 1. The van der Waals surface area contributed by atoms with Crippen molar-refractivity contribution in [3.05, 3.63) is 58.4 Å². The molecule has 4 rings (SSSR count). The van der Waals surface area contributed by atoms with Gasteiger partial charge in [-0.1, -0.05) is 0 Å². The van der Waals surface area contributed by atoms with E-state index in [1.165, 1.54) is 4.90 Å². The first-order chi connectivity index (χ1) is 14.8. The predicted molar refractivity (Wildman–Crippen MR) is 108 cm³/mol. The Morgan fingerprint density at radius 2 is 1.90 bits per heavy atom. The molecule has 0 N–H and O–H groups in total. The van der Waals surface area contributed by atoms with E-state index in [4.69, 9.17) is 0 Å². The third-order valence-corrected chi connectivity index (χ3v) is 5.79. The van der Waals surface area contributed by atoms with Gasteiger partial charge in [0.05, 0.1) is 16.6 Å². The van der Waals surface area contributed by atoms with E-state index in [1.54, 1.807) is 21.4 Å². The van der Waals surface area contributed by atoms with Gasteiger partial charge in [0.25, 0.3) is 5.91 Å². The van der Waals surface area contributed by atoms with Crippen molar-refractivity contribution in [1.82, 2.24) is 24.0 Å². The second kappa shape index (κ2) is 8.16. The molecule has 0 unspecified atom stereocenters. The quantitative estimate of drug-likeness (QED) is 0.634. The minimum Gasteiger partial charge on any atom is -0.339 e. The van der Waals surface area contributed by atoms with E-state index in [0.717, 1.165) is 24.0 Å². The number of amides is 1. The number of nitrogens with zero attached hydrogens (tertiary/aromatic N) is 5. The van der Waals surface area contributed by atoms with Gasteiger partial charge < -0.3 is 4.90 Å². The molecule has 0 radical (unpaired) electrons. The van der Waals surface area contributed by atoms with Crippen molar-refractivity contribution in [2.75, 3.05) is 13.1 Å². The van der Waals surface area contributed by atoms with Crippen LogP contribution in [0.3, 0.4) is 0 Å². The molecule has 0 aliphatic carbocycles. The van der Waals surface area contributed by atoms with Gasteiger partial charge in [0.1, 0.15) is 0 Å². The largest absolute Gasteiger partial charge is 0.417 e. The van der Waals surface area contributed by atoms with Crippen molar-refractivity contribution in [1.29, 1.82) is 0 Å². The van der Waals surface area contributed by atoms with E-state index in [1.807, 2.05) is 13.0 Å². The Morgan fingerprint density at radius 1 is 1.16 bits per heavy atom. The van der Waals surface area contributed by atoms with Crippen molar-refractivity contribution in [3.8, 4) is 0 Å². The number of hydrogen-bond donors (Lipinski definition) is 0. The zero-order valence-corrected chi connectivity index (χ0v) is 17.0. The first-order valence-electron chi connectivity index (χ1n) is 10.2. The molecule has 3 aromatic heterocycles. The van der Waals surface area contributed by atoms with Gasteiger partial charge in [0.15, 0.2) is 5.65 Å². The lowest BCUT2D eigenvalue weighted by molar-refractivity contribution is -0.138. The molecule has 1 saturated heterocycles. The SMILES string of the molecule is CCn1c(=O)n(CC2CCN(C(=O)c3cnccc3C(F)(F)F)CC2)c2ncccc21. The van der Waals surface area contributed by atoms with Crippen molar-refractivity contribution in [3.63, 3.8) is 0 Å². The molecule has 31 heavy (non-hydrogen) atoms. The first kappa shape index (κ1) is 21.1. The summed E-state index contributed by atoms with van der Waals surface area (Å²) in [5, 5.41) is 0. The molecule has 0 saturated carbocycles. The summed E-state index contributed by atoms with van der Waals surface area (Å²) in [6.07, 6.45) is 0.211. The summed E-state index contributed by atoms with van der Waals surface area (Å²) in [6, 6.07) is 4.47. The summed E-state index contributed by atoms with van der Waals surface area (Å²) >= 11 is 0. The molecular weight excluding hydrogens is 411 g/mol. The number of carbonyl (C=O) groups is 1. The van der Waals surface area contributed by atoms with Crippen molar-refractivity contribution in [2.24, 2.45) is 5.92 Å². The van der Waals surface area contributed by atoms with Gasteiger partial charge in [-0.3, -0.25) is 18.9 Å². The summed E-state index contributed by atoms with van der Waals surface area (Å²) in [5.41, 5.74) is -0.128. The molecule has 1 fully saturated rings. The second-order valence-electron chi connectivity index (χ2n) is 7.64. The highest BCUT2D eigenvalue weighted by molar-refractivity contribution is 5.95. The van der Waals surface area contributed by atoms with Crippen LogP contribution in [0.2, 0.25) is 0 Å². The third-order valence-electron chi connectivity index (χ3n) is 5.79. The van der Waals surface area contributed by atoms with Crippen LogP contribution >= 0.6 is 0 Å². The smallest absolute Gasteiger partial charge is 0.339 e.